The van der Waals surface area contributed by atoms with Crippen LogP contribution in [-0.4, -0.2) is 35.0 Å². The highest BCUT2D eigenvalue weighted by Gasteiger charge is 2.29. The summed E-state index contributed by atoms with van der Waals surface area (Å²) in [5.74, 6) is 2.16. The zero-order valence-electron chi connectivity index (χ0n) is 17.8. The molecule has 1 aromatic carbocycles. The maximum absolute atomic E-state index is 13.0. The summed E-state index contributed by atoms with van der Waals surface area (Å²) in [7, 11) is 0. The smallest absolute Gasteiger partial charge is 0.263 e. The lowest BCUT2D eigenvalue weighted by atomic mass is 9.96. The summed E-state index contributed by atoms with van der Waals surface area (Å²) in [4.78, 5) is 24.1. The third-order valence-electron chi connectivity index (χ3n) is 6.24. The first kappa shape index (κ1) is 20.6. The van der Waals surface area contributed by atoms with Crippen molar-refractivity contribution in [2.75, 3.05) is 18.0 Å². The second-order valence-corrected chi connectivity index (χ2v) is 8.53. The molecule has 2 fully saturated rings. The molecule has 30 heavy (non-hydrogen) atoms. The molecule has 0 unspecified atom stereocenters. The summed E-state index contributed by atoms with van der Waals surface area (Å²) in [6, 6.07) is 8.23. The molecule has 1 atom stereocenters. The number of benzene rings is 1. The van der Waals surface area contributed by atoms with Crippen molar-refractivity contribution in [1.82, 2.24) is 15.3 Å². The average molecular weight is 409 g/mol. The number of nitrogens with zero attached hydrogens (tertiary/aromatic N) is 3. The lowest BCUT2D eigenvalue weighted by Gasteiger charge is -2.34. The van der Waals surface area contributed by atoms with Crippen molar-refractivity contribution in [3.63, 3.8) is 0 Å². The van der Waals surface area contributed by atoms with Crippen molar-refractivity contribution >= 4 is 11.7 Å². The minimum atomic E-state index is -0.0182. The molecule has 1 N–H and O–H groups in total. The van der Waals surface area contributed by atoms with Crippen molar-refractivity contribution in [1.29, 1.82) is 0 Å². The van der Waals surface area contributed by atoms with Gasteiger partial charge in [-0.1, -0.05) is 43.9 Å². The molecule has 0 radical (unpaired) electrons. The molecule has 160 valence electrons. The number of carbonyl (C=O) groups is 1. The zero-order chi connectivity index (χ0) is 20.8. The topological polar surface area (TPSA) is 67.4 Å². The quantitative estimate of drug-likeness (QED) is 0.731. The van der Waals surface area contributed by atoms with Gasteiger partial charge < -0.3 is 15.0 Å². The van der Waals surface area contributed by atoms with Gasteiger partial charge >= 0.3 is 0 Å². The van der Waals surface area contributed by atoms with Gasteiger partial charge in [-0.2, -0.15) is 0 Å². The van der Waals surface area contributed by atoms with Gasteiger partial charge in [0.2, 0.25) is 5.91 Å². The Hall–Kier alpha value is -2.63. The van der Waals surface area contributed by atoms with E-state index in [1.807, 2.05) is 31.2 Å². The molecular formula is C24H32N4O2. The van der Waals surface area contributed by atoms with Gasteiger partial charge in [-0.25, -0.2) is 9.97 Å². The minimum absolute atomic E-state index is 0.0182. The number of carbonyl (C=O) groups excluding carboxylic acids is 1. The highest BCUT2D eigenvalue weighted by Crippen LogP contribution is 2.32. The van der Waals surface area contributed by atoms with Crippen LogP contribution in [0.5, 0.6) is 11.6 Å². The monoisotopic (exact) mass is 408 g/mol. The van der Waals surface area contributed by atoms with Gasteiger partial charge in [0.25, 0.3) is 5.88 Å². The van der Waals surface area contributed by atoms with Crippen LogP contribution in [0.2, 0.25) is 0 Å². The Balaban J connectivity index is 1.44. The molecule has 0 bridgehead atoms. The number of hydrogen-bond acceptors (Lipinski definition) is 5. The van der Waals surface area contributed by atoms with Gasteiger partial charge in [-0.05, 0) is 44.2 Å². The molecule has 1 aliphatic heterocycles. The van der Waals surface area contributed by atoms with E-state index < -0.39 is 0 Å². The molecule has 6 nitrogen and oxygen atoms in total. The SMILES string of the molecule is Cc1ccccc1Oc1nccnc1N1CCC[C@H](C(=O)NC2CCCCCC2)C1. The number of aromatic nitrogens is 2. The molecule has 1 aliphatic carbocycles. The van der Waals surface area contributed by atoms with E-state index in [1.165, 1.54) is 25.7 Å². The third-order valence-corrected chi connectivity index (χ3v) is 6.24. The number of nitrogens with one attached hydrogen (secondary N) is 1. The van der Waals surface area contributed by atoms with Crippen molar-refractivity contribution in [2.24, 2.45) is 5.92 Å². The standard InChI is InChI=1S/C24H32N4O2/c1-18-9-6-7-13-21(18)30-24-22(25-14-15-26-24)28-16-8-10-19(17-28)23(29)27-20-11-4-2-3-5-12-20/h6-7,9,13-15,19-20H,2-5,8,10-12,16-17H2,1H3,(H,27,29)/t19-/m0/s1. The summed E-state index contributed by atoms with van der Waals surface area (Å²) in [6.07, 6.45) is 12.5. The summed E-state index contributed by atoms with van der Waals surface area (Å²) >= 11 is 0. The van der Waals surface area contributed by atoms with E-state index in [0.717, 1.165) is 43.5 Å². The number of rotatable bonds is 5. The van der Waals surface area contributed by atoms with Crippen LogP contribution in [-0.2, 0) is 4.79 Å². The predicted molar refractivity (Wildman–Crippen MR) is 118 cm³/mol. The fourth-order valence-corrected chi connectivity index (χ4v) is 4.51. The van der Waals surface area contributed by atoms with Crippen LogP contribution in [0, 0.1) is 12.8 Å². The fraction of sp³-hybridized carbons (Fsp3) is 0.542. The lowest BCUT2D eigenvalue weighted by molar-refractivity contribution is -0.126. The maximum atomic E-state index is 13.0. The molecule has 1 amide bonds. The second kappa shape index (κ2) is 9.92. The van der Waals surface area contributed by atoms with Crippen molar-refractivity contribution < 1.29 is 9.53 Å². The predicted octanol–water partition coefficient (Wildman–Crippen LogP) is 4.63. The summed E-state index contributed by atoms with van der Waals surface area (Å²) < 4.78 is 6.11. The number of piperidine rings is 1. The Bertz CT molecular complexity index is 849. The average Bonchev–Trinajstić information content (AvgIpc) is 3.04. The van der Waals surface area contributed by atoms with Crippen LogP contribution >= 0.6 is 0 Å². The highest BCUT2D eigenvalue weighted by molar-refractivity contribution is 5.80. The molecule has 2 aromatic rings. The highest BCUT2D eigenvalue weighted by atomic mass is 16.5. The molecular weight excluding hydrogens is 376 g/mol. The van der Waals surface area contributed by atoms with Gasteiger partial charge in [0.05, 0.1) is 5.92 Å². The first-order valence-electron chi connectivity index (χ1n) is 11.3. The van der Waals surface area contributed by atoms with Crippen LogP contribution in [0.1, 0.15) is 56.9 Å². The van der Waals surface area contributed by atoms with Gasteiger partial charge in [0.15, 0.2) is 5.82 Å². The van der Waals surface area contributed by atoms with Crippen molar-refractivity contribution in [3.05, 3.63) is 42.2 Å². The Morgan fingerprint density at radius 1 is 1.03 bits per heavy atom. The van der Waals surface area contributed by atoms with Gasteiger partial charge in [-0.3, -0.25) is 4.79 Å². The first-order valence-corrected chi connectivity index (χ1v) is 11.3. The number of aryl methyl sites for hydroxylation is 1. The van der Waals surface area contributed by atoms with E-state index in [9.17, 15) is 4.79 Å². The fourth-order valence-electron chi connectivity index (χ4n) is 4.51. The summed E-state index contributed by atoms with van der Waals surface area (Å²) in [5.41, 5.74) is 1.05. The molecule has 6 heteroatoms. The third kappa shape index (κ3) is 5.10. The maximum Gasteiger partial charge on any atom is 0.263 e. The van der Waals surface area contributed by atoms with Crippen molar-refractivity contribution in [3.8, 4) is 11.6 Å². The molecule has 0 spiro atoms. The Kier molecular flexibility index (Phi) is 6.82. The molecule has 1 saturated carbocycles. The Morgan fingerprint density at radius 2 is 1.80 bits per heavy atom. The number of anilines is 1. The summed E-state index contributed by atoms with van der Waals surface area (Å²) in [5, 5.41) is 3.33. The second-order valence-electron chi connectivity index (χ2n) is 8.53. The van der Waals surface area contributed by atoms with Crippen LogP contribution < -0.4 is 15.0 Å². The number of ether oxygens (including phenoxy) is 1. The van der Waals surface area contributed by atoms with Gasteiger partial charge in [0, 0.05) is 31.5 Å². The largest absolute Gasteiger partial charge is 0.436 e. The van der Waals surface area contributed by atoms with Crippen LogP contribution in [0.25, 0.3) is 0 Å². The molecule has 4 rings (SSSR count). The van der Waals surface area contributed by atoms with E-state index in [1.54, 1.807) is 12.4 Å². The molecule has 2 aliphatic rings. The van der Waals surface area contributed by atoms with Gasteiger partial charge in [0.1, 0.15) is 5.75 Å². The first-order chi connectivity index (χ1) is 14.7. The van der Waals surface area contributed by atoms with E-state index in [4.69, 9.17) is 4.74 Å². The molecule has 2 heterocycles. The van der Waals surface area contributed by atoms with E-state index in [-0.39, 0.29) is 11.8 Å². The number of para-hydroxylation sites is 1. The van der Waals surface area contributed by atoms with Crippen molar-refractivity contribution in [2.45, 2.75) is 64.3 Å². The Labute approximate surface area is 179 Å². The summed E-state index contributed by atoms with van der Waals surface area (Å²) in [6.45, 7) is 3.53. The van der Waals surface area contributed by atoms with E-state index in [0.29, 0.717) is 24.3 Å². The van der Waals surface area contributed by atoms with Crippen LogP contribution in [0.15, 0.2) is 36.7 Å². The lowest BCUT2D eigenvalue weighted by Crippen LogP contribution is -2.46. The van der Waals surface area contributed by atoms with E-state index in [2.05, 4.69) is 20.2 Å². The van der Waals surface area contributed by atoms with Gasteiger partial charge in [-0.15, -0.1) is 0 Å². The Morgan fingerprint density at radius 3 is 2.60 bits per heavy atom. The normalized spacial score (nSPS) is 20.4. The van der Waals surface area contributed by atoms with Crippen LogP contribution in [0.3, 0.4) is 0 Å². The molecule has 1 saturated heterocycles. The zero-order valence-corrected chi connectivity index (χ0v) is 17.8. The number of hydrogen-bond donors (Lipinski definition) is 1. The minimum Gasteiger partial charge on any atom is -0.436 e. The van der Waals surface area contributed by atoms with Crippen LogP contribution in [0.4, 0.5) is 5.82 Å². The number of amides is 1. The van der Waals surface area contributed by atoms with E-state index >= 15 is 0 Å². The molecule has 1 aromatic heterocycles.